The zero-order valence-corrected chi connectivity index (χ0v) is 15.0. The van der Waals surface area contributed by atoms with Gasteiger partial charge in [0.15, 0.2) is 0 Å². The third-order valence-corrected chi connectivity index (χ3v) is 4.92. The molecule has 1 aromatic heterocycles. The van der Waals surface area contributed by atoms with E-state index in [1.807, 2.05) is 11.0 Å². The zero-order valence-electron chi connectivity index (χ0n) is 14.2. The molecular weight excluding hydrogens is 304 g/mol. The molecule has 1 atom stereocenters. The number of carbonyl (C=O) groups is 1. The highest BCUT2D eigenvalue weighted by Gasteiger charge is 2.15. The highest BCUT2D eigenvalue weighted by Crippen LogP contribution is 2.17. The van der Waals surface area contributed by atoms with E-state index in [9.17, 15) is 4.79 Å². The maximum absolute atomic E-state index is 12.5. The average molecular weight is 330 g/mol. The second-order valence-corrected chi connectivity index (χ2v) is 6.90. The summed E-state index contributed by atoms with van der Waals surface area (Å²) in [6.45, 7) is 8.14. The minimum atomic E-state index is 0.163. The van der Waals surface area contributed by atoms with Crippen molar-refractivity contribution in [3.05, 3.63) is 57.8 Å². The van der Waals surface area contributed by atoms with Gasteiger partial charge in [-0.2, -0.15) is 0 Å². The fraction of sp³-hybridized carbons (Fsp3) is 0.421. The summed E-state index contributed by atoms with van der Waals surface area (Å²) in [7, 11) is 0. The van der Waals surface area contributed by atoms with Crippen LogP contribution in [-0.4, -0.2) is 23.9 Å². The fourth-order valence-corrected chi connectivity index (χ4v) is 3.23. The summed E-state index contributed by atoms with van der Waals surface area (Å²) >= 11 is 1.72. The predicted molar refractivity (Wildman–Crippen MR) is 97.6 cm³/mol. The Morgan fingerprint density at radius 3 is 2.61 bits per heavy atom. The molecule has 124 valence electrons. The van der Waals surface area contributed by atoms with Crippen LogP contribution in [0, 0.1) is 6.92 Å². The van der Waals surface area contributed by atoms with Gasteiger partial charge in [0.1, 0.15) is 0 Å². The number of thiophene rings is 1. The van der Waals surface area contributed by atoms with Crippen LogP contribution >= 0.6 is 11.3 Å². The van der Waals surface area contributed by atoms with Gasteiger partial charge in [0.2, 0.25) is 5.91 Å². The van der Waals surface area contributed by atoms with Crippen molar-refractivity contribution < 1.29 is 4.79 Å². The highest BCUT2D eigenvalue weighted by molar-refractivity contribution is 7.10. The van der Waals surface area contributed by atoms with Crippen molar-refractivity contribution >= 4 is 17.2 Å². The molecule has 2 rings (SSSR count). The highest BCUT2D eigenvalue weighted by atomic mass is 32.1. The third kappa shape index (κ3) is 5.48. The van der Waals surface area contributed by atoms with Crippen LogP contribution in [0.25, 0.3) is 0 Å². The third-order valence-electron chi connectivity index (χ3n) is 3.87. The summed E-state index contributed by atoms with van der Waals surface area (Å²) in [5.41, 5.74) is 2.43. The van der Waals surface area contributed by atoms with E-state index >= 15 is 0 Å². The first-order valence-corrected chi connectivity index (χ1v) is 9.08. The molecule has 0 saturated heterocycles. The summed E-state index contributed by atoms with van der Waals surface area (Å²) in [4.78, 5) is 15.8. The quantitative estimate of drug-likeness (QED) is 0.789. The molecule has 1 amide bonds. The number of aryl methyl sites for hydroxylation is 1. The van der Waals surface area contributed by atoms with Crippen molar-refractivity contribution in [1.29, 1.82) is 0 Å². The van der Waals surface area contributed by atoms with Gasteiger partial charge in [-0.1, -0.05) is 42.8 Å². The van der Waals surface area contributed by atoms with Gasteiger partial charge in [-0.15, -0.1) is 11.3 Å². The van der Waals surface area contributed by atoms with Crippen LogP contribution in [0.15, 0.2) is 41.8 Å². The number of amides is 1. The molecule has 0 aliphatic rings. The number of nitrogens with one attached hydrogen (secondary N) is 1. The van der Waals surface area contributed by atoms with Crippen LogP contribution in [0.2, 0.25) is 0 Å². The zero-order chi connectivity index (χ0) is 16.7. The van der Waals surface area contributed by atoms with E-state index in [4.69, 9.17) is 0 Å². The number of rotatable bonds is 8. The van der Waals surface area contributed by atoms with Gasteiger partial charge in [0, 0.05) is 24.0 Å². The average Bonchev–Trinajstić information content (AvgIpc) is 3.08. The summed E-state index contributed by atoms with van der Waals surface area (Å²) in [5, 5.41) is 5.40. The first-order valence-electron chi connectivity index (χ1n) is 8.20. The first kappa shape index (κ1) is 17.7. The smallest absolute Gasteiger partial charge is 0.236 e. The molecule has 1 unspecified atom stereocenters. The van der Waals surface area contributed by atoms with Crippen LogP contribution in [0.3, 0.4) is 0 Å². The van der Waals surface area contributed by atoms with Gasteiger partial charge in [0.25, 0.3) is 0 Å². The van der Waals surface area contributed by atoms with E-state index in [2.05, 4.69) is 61.8 Å². The Morgan fingerprint density at radius 1 is 1.26 bits per heavy atom. The lowest BCUT2D eigenvalue weighted by Crippen LogP contribution is -2.38. The Bertz CT molecular complexity index is 592. The second-order valence-electron chi connectivity index (χ2n) is 5.92. The fourth-order valence-electron chi connectivity index (χ4n) is 2.47. The largest absolute Gasteiger partial charge is 0.337 e. The van der Waals surface area contributed by atoms with Crippen LogP contribution < -0.4 is 5.32 Å². The number of nitrogens with zero attached hydrogens (tertiary/aromatic N) is 1. The van der Waals surface area contributed by atoms with E-state index in [0.29, 0.717) is 13.1 Å². The normalized spacial score (nSPS) is 12.1. The molecule has 1 aromatic carbocycles. The van der Waals surface area contributed by atoms with Crippen molar-refractivity contribution in [2.24, 2.45) is 0 Å². The molecule has 0 spiro atoms. The molecule has 0 bridgehead atoms. The van der Waals surface area contributed by atoms with Gasteiger partial charge in [0.05, 0.1) is 6.54 Å². The maximum Gasteiger partial charge on any atom is 0.236 e. The molecule has 2 aromatic rings. The van der Waals surface area contributed by atoms with E-state index in [1.165, 1.54) is 16.0 Å². The molecule has 0 saturated carbocycles. The van der Waals surface area contributed by atoms with Crippen LogP contribution in [-0.2, 0) is 11.3 Å². The van der Waals surface area contributed by atoms with E-state index in [1.54, 1.807) is 11.3 Å². The molecule has 1 N–H and O–H groups in total. The van der Waals surface area contributed by atoms with Crippen molar-refractivity contribution in [2.45, 2.75) is 39.8 Å². The Kier molecular flexibility index (Phi) is 6.81. The lowest BCUT2D eigenvalue weighted by Gasteiger charge is -2.23. The van der Waals surface area contributed by atoms with Crippen LogP contribution in [0.4, 0.5) is 0 Å². The topological polar surface area (TPSA) is 32.3 Å². The minimum Gasteiger partial charge on any atom is -0.337 e. The predicted octanol–water partition coefficient (Wildman–Crippen LogP) is 4.15. The SMILES string of the molecule is CCCN(Cc1ccc(C)cc1)C(=O)CNC(C)c1cccs1. The molecule has 0 radical (unpaired) electrons. The van der Waals surface area contributed by atoms with Gasteiger partial charge in [-0.25, -0.2) is 0 Å². The van der Waals surface area contributed by atoms with Crippen molar-refractivity contribution in [2.75, 3.05) is 13.1 Å². The van der Waals surface area contributed by atoms with E-state index in [0.717, 1.165) is 13.0 Å². The number of hydrogen-bond donors (Lipinski definition) is 1. The van der Waals surface area contributed by atoms with Crippen molar-refractivity contribution in [3.8, 4) is 0 Å². The number of carbonyl (C=O) groups excluding carboxylic acids is 1. The molecule has 0 fully saturated rings. The summed E-state index contributed by atoms with van der Waals surface area (Å²) < 4.78 is 0. The van der Waals surface area contributed by atoms with Crippen molar-refractivity contribution in [1.82, 2.24) is 10.2 Å². The molecular formula is C19H26N2OS. The lowest BCUT2D eigenvalue weighted by molar-refractivity contribution is -0.131. The molecule has 3 nitrogen and oxygen atoms in total. The molecule has 1 heterocycles. The van der Waals surface area contributed by atoms with Crippen LogP contribution in [0.1, 0.15) is 42.3 Å². The van der Waals surface area contributed by atoms with Gasteiger partial charge >= 0.3 is 0 Å². The second kappa shape index (κ2) is 8.85. The standard InChI is InChI=1S/C19H26N2OS/c1-4-11-21(14-17-9-7-15(2)8-10-17)19(22)13-20-16(3)18-6-5-12-23-18/h5-10,12,16,20H,4,11,13-14H2,1-3H3. The van der Waals surface area contributed by atoms with E-state index in [-0.39, 0.29) is 11.9 Å². The Labute approximate surface area is 143 Å². The maximum atomic E-state index is 12.5. The Morgan fingerprint density at radius 2 is 2.00 bits per heavy atom. The number of hydrogen-bond acceptors (Lipinski definition) is 3. The molecule has 4 heteroatoms. The minimum absolute atomic E-state index is 0.163. The lowest BCUT2D eigenvalue weighted by atomic mass is 10.1. The molecule has 0 aliphatic heterocycles. The monoisotopic (exact) mass is 330 g/mol. The molecule has 0 aliphatic carbocycles. The summed E-state index contributed by atoms with van der Waals surface area (Å²) in [6.07, 6.45) is 0.970. The van der Waals surface area contributed by atoms with Crippen LogP contribution in [0.5, 0.6) is 0 Å². The first-order chi connectivity index (χ1) is 11.1. The Balaban J connectivity index is 1.91. The summed E-state index contributed by atoms with van der Waals surface area (Å²) in [5.74, 6) is 0.163. The van der Waals surface area contributed by atoms with Crippen molar-refractivity contribution in [3.63, 3.8) is 0 Å². The molecule has 23 heavy (non-hydrogen) atoms. The van der Waals surface area contributed by atoms with Gasteiger partial charge in [-0.3, -0.25) is 4.79 Å². The summed E-state index contributed by atoms with van der Waals surface area (Å²) in [6, 6.07) is 12.8. The van der Waals surface area contributed by atoms with Gasteiger partial charge in [-0.05, 0) is 37.3 Å². The Hall–Kier alpha value is -1.65. The van der Waals surface area contributed by atoms with E-state index < -0.39 is 0 Å². The number of benzene rings is 1. The van der Waals surface area contributed by atoms with Gasteiger partial charge < -0.3 is 10.2 Å².